The highest BCUT2D eigenvalue weighted by molar-refractivity contribution is 5.97. The molecule has 1 aliphatic heterocycles. The summed E-state index contributed by atoms with van der Waals surface area (Å²) >= 11 is 0. The Balaban J connectivity index is 1.73. The number of piperazine rings is 1. The highest BCUT2D eigenvalue weighted by Crippen LogP contribution is 2.23. The third-order valence-corrected chi connectivity index (χ3v) is 4.26. The Hall–Kier alpha value is -2.67. The zero-order valence-electron chi connectivity index (χ0n) is 13.9. The molecule has 1 aliphatic rings. The summed E-state index contributed by atoms with van der Waals surface area (Å²) in [6.45, 7) is 3.33. The van der Waals surface area contributed by atoms with Crippen LogP contribution in [-0.2, 0) is 4.79 Å². The zero-order chi connectivity index (χ0) is 17.8. The van der Waals surface area contributed by atoms with Crippen molar-refractivity contribution in [2.24, 2.45) is 0 Å². The third-order valence-electron chi connectivity index (χ3n) is 4.26. The van der Waals surface area contributed by atoms with Crippen molar-refractivity contribution in [1.82, 2.24) is 15.5 Å². The number of halogens is 1. The van der Waals surface area contributed by atoms with Gasteiger partial charge in [-0.15, -0.1) is 0 Å². The molecule has 0 radical (unpaired) electrons. The topological polar surface area (TPSA) is 74.6 Å². The highest BCUT2D eigenvalue weighted by atomic mass is 19.1. The number of benzene rings is 1. The van der Waals surface area contributed by atoms with Gasteiger partial charge in [0.15, 0.2) is 0 Å². The fourth-order valence-electron chi connectivity index (χ4n) is 2.96. The van der Waals surface area contributed by atoms with Gasteiger partial charge in [0.25, 0.3) is 5.91 Å². The van der Waals surface area contributed by atoms with Crippen LogP contribution in [0.15, 0.2) is 47.3 Å². The molecule has 2 N–H and O–H groups in total. The minimum absolute atomic E-state index is 0.201. The number of hydrogen-bond donors (Lipinski definition) is 2. The molecule has 0 bridgehead atoms. The van der Waals surface area contributed by atoms with Crippen molar-refractivity contribution in [2.45, 2.75) is 19.0 Å². The lowest BCUT2D eigenvalue weighted by atomic mass is 10.0. The zero-order valence-corrected chi connectivity index (χ0v) is 13.9. The van der Waals surface area contributed by atoms with Gasteiger partial charge in [0, 0.05) is 19.6 Å². The van der Waals surface area contributed by atoms with Gasteiger partial charge < -0.3 is 20.0 Å². The third kappa shape index (κ3) is 3.88. The number of furan rings is 1. The van der Waals surface area contributed by atoms with Crippen LogP contribution in [0.1, 0.15) is 28.9 Å². The van der Waals surface area contributed by atoms with E-state index in [0.717, 1.165) is 5.56 Å². The van der Waals surface area contributed by atoms with Gasteiger partial charge in [0.2, 0.25) is 5.91 Å². The van der Waals surface area contributed by atoms with E-state index in [1.54, 1.807) is 24.0 Å². The molecule has 2 amide bonds. The van der Waals surface area contributed by atoms with Crippen LogP contribution in [0.25, 0.3) is 0 Å². The molecular weight excluding hydrogens is 325 g/mol. The summed E-state index contributed by atoms with van der Waals surface area (Å²) in [6.07, 6.45) is 2.73. The normalized spacial score (nSPS) is 18.6. The van der Waals surface area contributed by atoms with Gasteiger partial charge in [-0.2, -0.15) is 0 Å². The molecule has 7 heteroatoms. The Morgan fingerprint density at radius 3 is 2.96 bits per heavy atom. The van der Waals surface area contributed by atoms with Crippen LogP contribution >= 0.6 is 0 Å². The van der Waals surface area contributed by atoms with Gasteiger partial charge in [0.1, 0.15) is 18.1 Å². The van der Waals surface area contributed by atoms with Crippen molar-refractivity contribution in [3.05, 3.63) is 59.8 Å². The van der Waals surface area contributed by atoms with Crippen molar-refractivity contribution in [1.29, 1.82) is 0 Å². The highest BCUT2D eigenvalue weighted by Gasteiger charge is 2.31. The van der Waals surface area contributed by atoms with Gasteiger partial charge in [0.05, 0.1) is 17.9 Å². The van der Waals surface area contributed by atoms with Gasteiger partial charge in [-0.05, 0) is 30.7 Å². The van der Waals surface area contributed by atoms with E-state index in [9.17, 15) is 14.0 Å². The maximum Gasteiger partial charge on any atom is 0.255 e. The minimum Gasteiger partial charge on any atom is -0.472 e. The van der Waals surface area contributed by atoms with E-state index in [4.69, 9.17) is 4.42 Å². The molecule has 6 nitrogen and oxygen atoms in total. The Morgan fingerprint density at radius 2 is 2.24 bits per heavy atom. The van der Waals surface area contributed by atoms with Crippen LogP contribution < -0.4 is 10.6 Å². The standard InChI is InChI=1S/C18H20FN3O3/c1-12(21-17(23)14-5-8-25-11-14)18(24)22-7-6-20-10-16(22)13-3-2-4-15(19)9-13/h2-5,8-9,11-12,16,20H,6-7,10H2,1H3,(H,21,23). The van der Waals surface area contributed by atoms with Crippen molar-refractivity contribution < 1.29 is 18.4 Å². The van der Waals surface area contributed by atoms with E-state index in [0.29, 0.717) is 25.2 Å². The first-order chi connectivity index (χ1) is 12.1. The van der Waals surface area contributed by atoms with Crippen LogP contribution in [0.5, 0.6) is 0 Å². The summed E-state index contributed by atoms with van der Waals surface area (Å²) in [4.78, 5) is 26.6. The SMILES string of the molecule is CC(NC(=O)c1ccoc1)C(=O)N1CCNCC1c1cccc(F)c1. The Bertz CT molecular complexity index is 748. The summed E-state index contributed by atoms with van der Waals surface area (Å²) < 4.78 is 18.4. The lowest BCUT2D eigenvalue weighted by Crippen LogP contribution is -2.54. The molecule has 0 spiro atoms. The molecule has 1 aromatic heterocycles. The lowest BCUT2D eigenvalue weighted by Gasteiger charge is -2.38. The summed E-state index contributed by atoms with van der Waals surface area (Å²) in [5, 5.41) is 5.90. The molecule has 2 atom stereocenters. The summed E-state index contributed by atoms with van der Waals surface area (Å²) in [6, 6.07) is 6.81. The fourth-order valence-corrected chi connectivity index (χ4v) is 2.96. The average molecular weight is 345 g/mol. The van der Waals surface area contributed by atoms with E-state index in [2.05, 4.69) is 10.6 Å². The summed E-state index contributed by atoms with van der Waals surface area (Å²) in [5.74, 6) is -0.906. The van der Waals surface area contributed by atoms with E-state index < -0.39 is 6.04 Å². The second-order valence-electron chi connectivity index (χ2n) is 6.01. The molecular formula is C18H20FN3O3. The van der Waals surface area contributed by atoms with Gasteiger partial charge in [-0.1, -0.05) is 12.1 Å². The number of hydrogen-bond acceptors (Lipinski definition) is 4. The molecule has 0 saturated carbocycles. The van der Waals surface area contributed by atoms with Crippen LogP contribution in [0.3, 0.4) is 0 Å². The summed E-state index contributed by atoms with van der Waals surface area (Å²) in [7, 11) is 0. The van der Waals surface area contributed by atoms with E-state index in [-0.39, 0.29) is 23.7 Å². The van der Waals surface area contributed by atoms with Crippen molar-refractivity contribution in [3.63, 3.8) is 0 Å². The second kappa shape index (κ2) is 7.48. The maximum atomic E-state index is 13.5. The van der Waals surface area contributed by atoms with Crippen molar-refractivity contribution in [3.8, 4) is 0 Å². The number of carbonyl (C=O) groups is 2. The van der Waals surface area contributed by atoms with Crippen molar-refractivity contribution >= 4 is 11.8 Å². The Labute approximate surface area is 145 Å². The predicted molar refractivity (Wildman–Crippen MR) is 89.4 cm³/mol. The molecule has 3 rings (SSSR count). The molecule has 0 aliphatic carbocycles. The smallest absolute Gasteiger partial charge is 0.255 e. The van der Waals surface area contributed by atoms with Crippen LogP contribution in [0.2, 0.25) is 0 Å². The number of nitrogens with one attached hydrogen (secondary N) is 2. The lowest BCUT2D eigenvalue weighted by molar-refractivity contribution is -0.136. The van der Waals surface area contributed by atoms with Crippen LogP contribution in [0.4, 0.5) is 4.39 Å². The average Bonchev–Trinajstić information content (AvgIpc) is 3.16. The van der Waals surface area contributed by atoms with Gasteiger partial charge in [-0.25, -0.2) is 4.39 Å². The molecule has 132 valence electrons. The number of carbonyl (C=O) groups excluding carboxylic acids is 2. The Kier molecular flexibility index (Phi) is 5.14. The van der Waals surface area contributed by atoms with E-state index in [1.807, 2.05) is 0 Å². The molecule has 25 heavy (non-hydrogen) atoms. The van der Waals surface area contributed by atoms with Crippen LogP contribution in [-0.4, -0.2) is 42.4 Å². The second-order valence-corrected chi connectivity index (χ2v) is 6.01. The predicted octanol–water partition coefficient (Wildman–Crippen LogP) is 1.71. The first-order valence-corrected chi connectivity index (χ1v) is 8.16. The fraction of sp³-hybridized carbons (Fsp3) is 0.333. The van der Waals surface area contributed by atoms with Crippen molar-refractivity contribution in [2.75, 3.05) is 19.6 Å². The first kappa shape index (κ1) is 17.2. The Morgan fingerprint density at radius 1 is 1.40 bits per heavy atom. The molecule has 2 unspecified atom stereocenters. The number of rotatable bonds is 4. The minimum atomic E-state index is -0.698. The first-order valence-electron chi connectivity index (χ1n) is 8.16. The van der Waals surface area contributed by atoms with E-state index >= 15 is 0 Å². The van der Waals surface area contributed by atoms with Gasteiger partial charge in [-0.3, -0.25) is 9.59 Å². The molecule has 2 heterocycles. The maximum absolute atomic E-state index is 13.5. The van der Waals surface area contributed by atoms with Gasteiger partial charge >= 0.3 is 0 Å². The van der Waals surface area contributed by atoms with E-state index in [1.165, 1.54) is 30.7 Å². The quantitative estimate of drug-likeness (QED) is 0.885. The largest absolute Gasteiger partial charge is 0.472 e. The molecule has 1 aromatic carbocycles. The molecule has 2 aromatic rings. The summed E-state index contributed by atoms with van der Waals surface area (Å²) in [5.41, 5.74) is 1.09. The van der Waals surface area contributed by atoms with Crippen LogP contribution in [0, 0.1) is 5.82 Å². The number of nitrogens with zero attached hydrogens (tertiary/aromatic N) is 1. The number of amides is 2. The molecule has 1 saturated heterocycles. The monoisotopic (exact) mass is 345 g/mol. The molecule has 1 fully saturated rings.